The van der Waals surface area contributed by atoms with Crippen LogP contribution >= 0.6 is 0 Å². The fraction of sp³-hybridized carbons (Fsp3) is 0.0351. The molecule has 1 nitrogen and oxygen atoms in total. The van der Waals surface area contributed by atoms with E-state index in [4.69, 9.17) is 0 Å². The molecule has 0 bridgehead atoms. The number of aryl methyl sites for hydroxylation is 2. The van der Waals surface area contributed by atoms with Gasteiger partial charge in [0.05, 0.1) is 11.6 Å². The summed E-state index contributed by atoms with van der Waals surface area (Å²) in [5, 5.41) is 28.0. The van der Waals surface area contributed by atoms with E-state index in [0.717, 1.165) is 27.8 Å². The van der Waals surface area contributed by atoms with Gasteiger partial charge in [-0.1, -0.05) is 164 Å². The van der Waals surface area contributed by atoms with E-state index in [1.807, 2.05) is 13.8 Å². The molecular weight excluding hydrogens is 699 g/mol. The highest BCUT2D eigenvalue weighted by molar-refractivity contribution is 6.45. The van der Waals surface area contributed by atoms with Crippen molar-refractivity contribution in [2.45, 2.75) is 13.8 Å². The fourth-order valence-electron chi connectivity index (χ4n) is 10.4. The average Bonchev–Trinajstić information content (AvgIpc) is 3.77. The zero-order valence-electron chi connectivity index (χ0n) is 32.2. The summed E-state index contributed by atoms with van der Waals surface area (Å²) >= 11 is 0. The van der Waals surface area contributed by atoms with E-state index >= 15 is 0 Å². The molecule has 0 saturated heterocycles. The summed E-state index contributed by atoms with van der Waals surface area (Å²) in [5.41, 5.74) is 12.5. The second-order valence-corrected chi connectivity index (χ2v) is 15.9. The number of nitrogens with zero attached hydrogens (tertiary/aromatic N) is 1. The highest BCUT2D eigenvalue weighted by atomic mass is 14.3. The van der Waals surface area contributed by atoms with Gasteiger partial charge in [0, 0.05) is 0 Å². The number of hydrogen-bond donors (Lipinski definition) is 0. The molecule has 0 spiro atoms. The van der Waals surface area contributed by atoms with Gasteiger partial charge in [-0.25, -0.2) is 0 Å². The van der Waals surface area contributed by atoms with Crippen LogP contribution < -0.4 is 0 Å². The van der Waals surface area contributed by atoms with Gasteiger partial charge in [0.2, 0.25) is 0 Å². The van der Waals surface area contributed by atoms with Gasteiger partial charge in [0.25, 0.3) is 0 Å². The largest absolute Gasteiger partial charge is 0.192 e. The molecular formula is C57H35N. The Balaban J connectivity index is 1.25. The Labute approximate surface area is 336 Å². The Kier molecular flexibility index (Phi) is 6.89. The molecule has 12 rings (SSSR count). The van der Waals surface area contributed by atoms with Gasteiger partial charge in [-0.3, -0.25) is 0 Å². The minimum Gasteiger partial charge on any atom is -0.192 e. The highest BCUT2D eigenvalue weighted by Gasteiger charge is 2.27. The molecule has 0 N–H and O–H groups in total. The Morgan fingerprint density at radius 1 is 0.310 bits per heavy atom. The Morgan fingerprint density at radius 3 is 1.52 bits per heavy atom. The fourth-order valence-corrected chi connectivity index (χ4v) is 10.4. The third kappa shape index (κ3) is 4.46. The topological polar surface area (TPSA) is 23.8 Å². The highest BCUT2D eigenvalue weighted by Crippen LogP contribution is 2.55. The van der Waals surface area contributed by atoms with Crippen molar-refractivity contribution in [3.8, 4) is 50.6 Å². The maximum absolute atomic E-state index is 9.75. The molecule has 0 aromatic heterocycles. The van der Waals surface area contributed by atoms with Crippen molar-refractivity contribution < 1.29 is 0 Å². The van der Waals surface area contributed by atoms with Crippen molar-refractivity contribution in [1.29, 1.82) is 5.26 Å². The molecule has 0 amide bonds. The molecule has 1 heteroatoms. The van der Waals surface area contributed by atoms with E-state index in [9.17, 15) is 5.26 Å². The lowest BCUT2D eigenvalue weighted by Crippen LogP contribution is -1.91. The van der Waals surface area contributed by atoms with Crippen LogP contribution in [0.3, 0.4) is 0 Å². The zero-order chi connectivity index (χ0) is 38.6. The predicted molar refractivity (Wildman–Crippen MR) is 247 cm³/mol. The minimum atomic E-state index is 0.760. The number of rotatable bonds is 4. The van der Waals surface area contributed by atoms with Crippen molar-refractivity contribution in [2.24, 2.45) is 0 Å². The molecule has 0 aliphatic rings. The first-order valence-electron chi connectivity index (χ1n) is 20.1. The number of fused-ring (bicyclic) bond motifs is 8. The lowest BCUT2D eigenvalue weighted by molar-refractivity contribution is 1.32. The van der Waals surface area contributed by atoms with Gasteiger partial charge < -0.3 is 0 Å². The van der Waals surface area contributed by atoms with Crippen molar-refractivity contribution in [3.05, 3.63) is 193 Å². The summed E-state index contributed by atoms with van der Waals surface area (Å²) in [5.74, 6) is 0. The molecule has 0 heterocycles. The van der Waals surface area contributed by atoms with E-state index in [1.54, 1.807) is 0 Å². The summed E-state index contributed by atoms with van der Waals surface area (Å²) in [6.45, 7) is 4.06. The van der Waals surface area contributed by atoms with Gasteiger partial charge in [0.1, 0.15) is 0 Å². The molecule has 0 fully saturated rings. The van der Waals surface area contributed by atoms with Gasteiger partial charge in [-0.2, -0.15) is 5.26 Å². The van der Waals surface area contributed by atoms with Crippen LogP contribution in [0.1, 0.15) is 16.7 Å². The van der Waals surface area contributed by atoms with Crippen LogP contribution in [0.4, 0.5) is 0 Å². The number of nitriles is 1. The molecule has 0 aliphatic heterocycles. The summed E-state index contributed by atoms with van der Waals surface area (Å²) in [7, 11) is 0. The first-order chi connectivity index (χ1) is 28.6. The van der Waals surface area contributed by atoms with Crippen molar-refractivity contribution in [2.75, 3.05) is 0 Å². The lowest BCUT2D eigenvalue weighted by Gasteiger charge is -2.19. The number of hydrogen-bond acceptors (Lipinski definition) is 1. The lowest BCUT2D eigenvalue weighted by atomic mass is 9.84. The summed E-state index contributed by atoms with van der Waals surface area (Å²) < 4.78 is 0. The first kappa shape index (κ1) is 32.7. The van der Waals surface area contributed by atoms with Gasteiger partial charge >= 0.3 is 0 Å². The van der Waals surface area contributed by atoms with Gasteiger partial charge in [-0.05, 0) is 157 Å². The molecule has 58 heavy (non-hydrogen) atoms. The summed E-state index contributed by atoms with van der Waals surface area (Å²) in [6.07, 6.45) is 0. The van der Waals surface area contributed by atoms with E-state index < -0.39 is 0 Å². The molecule has 0 unspecified atom stereocenters. The molecule has 0 aliphatic carbocycles. The van der Waals surface area contributed by atoms with Crippen LogP contribution in [0, 0.1) is 25.2 Å². The minimum absolute atomic E-state index is 0.760. The predicted octanol–water partition coefficient (Wildman–Crippen LogP) is 15.8. The van der Waals surface area contributed by atoms with Crippen LogP contribution in [0.2, 0.25) is 0 Å². The van der Waals surface area contributed by atoms with Gasteiger partial charge in [-0.15, -0.1) is 0 Å². The van der Waals surface area contributed by atoms with E-state index in [1.165, 1.54) is 109 Å². The average molecular weight is 734 g/mol. The summed E-state index contributed by atoms with van der Waals surface area (Å²) in [4.78, 5) is 0. The molecule has 0 saturated carbocycles. The summed E-state index contributed by atoms with van der Waals surface area (Å²) in [6, 6.07) is 67.7. The van der Waals surface area contributed by atoms with Crippen LogP contribution in [-0.2, 0) is 0 Å². The van der Waals surface area contributed by atoms with E-state index in [2.05, 4.69) is 182 Å². The SMILES string of the molecule is Cc1cc(-c2cccc(-c3ccc4c5c(-c6ccccc6)c6c(cc7c8ccccc8c8cccc6c87)c(-c6ccccc6)c5c5cccc3c54)c2)cc(C)c1C#N. The molecule has 268 valence electrons. The third-order valence-corrected chi connectivity index (χ3v) is 12.8. The van der Waals surface area contributed by atoms with Crippen LogP contribution in [0.15, 0.2) is 176 Å². The maximum atomic E-state index is 9.75. The zero-order valence-corrected chi connectivity index (χ0v) is 32.2. The molecule has 0 atom stereocenters. The van der Waals surface area contributed by atoms with Crippen LogP contribution in [0.5, 0.6) is 0 Å². The molecule has 12 aromatic carbocycles. The normalized spacial score (nSPS) is 11.9. The Morgan fingerprint density at radius 2 is 0.810 bits per heavy atom. The van der Waals surface area contributed by atoms with Crippen LogP contribution in [0.25, 0.3) is 120 Å². The number of benzene rings is 10. The van der Waals surface area contributed by atoms with Crippen molar-refractivity contribution >= 4 is 75.4 Å². The Hall–Kier alpha value is -7.53. The molecule has 12 aromatic rings. The maximum Gasteiger partial charge on any atom is 0.0997 e. The quantitative estimate of drug-likeness (QED) is 0.165. The Bertz CT molecular complexity index is 3660. The standard InChI is InChI=1S/C57H35N/c1-33-28-39(29-34(2)50(33)32-58)37-18-11-19-38(30-37)40-26-27-47-53-43(40)22-12-25-46(53)56-51(35-14-5-3-6-15-35)49-31-48-42-21-10-9-20-41(42)44-23-13-24-45(54(44)48)55(49)52(57(47)56)36-16-7-4-8-17-36/h3-31H,1-2H3. The van der Waals surface area contributed by atoms with E-state index in [0.29, 0.717) is 0 Å². The smallest absolute Gasteiger partial charge is 0.0997 e. The molecule has 0 radical (unpaired) electrons. The van der Waals surface area contributed by atoms with Crippen molar-refractivity contribution in [1.82, 2.24) is 0 Å². The monoisotopic (exact) mass is 733 g/mol. The third-order valence-electron chi connectivity index (χ3n) is 12.8. The van der Waals surface area contributed by atoms with E-state index in [-0.39, 0.29) is 0 Å². The van der Waals surface area contributed by atoms with Crippen molar-refractivity contribution in [3.63, 3.8) is 0 Å². The first-order valence-corrected chi connectivity index (χ1v) is 20.1. The second-order valence-electron chi connectivity index (χ2n) is 15.9. The van der Waals surface area contributed by atoms with Crippen LogP contribution in [-0.4, -0.2) is 0 Å². The second kappa shape index (κ2) is 12.2. The van der Waals surface area contributed by atoms with Gasteiger partial charge in [0.15, 0.2) is 0 Å².